The Kier molecular flexibility index (Phi) is 8.78. The lowest BCUT2D eigenvalue weighted by Crippen LogP contribution is -2.31. The highest BCUT2D eigenvalue weighted by atomic mass is 15.1. The van der Waals surface area contributed by atoms with Gasteiger partial charge in [0.05, 0.1) is 0 Å². The predicted molar refractivity (Wildman–Crippen MR) is 99.4 cm³/mol. The molecule has 0 aliphatic rings. The van der Waals surface area contributed by atoms with Crippen molar-refractivity contribution in [3.63, 3.8) is 0 Å². The zero-order valence-electron chi connectivity index (χ0n) is 15.8. The van der Waals surface area contributed by atoms with Crippen molar-refractivity contribution in [1.82, 2.24) is 4.90 Å². The lowest BCUT2D eigenvalue weighted by Gasteiger charge is -2.26. The molecule has 0 saturated heterocycles. The van der Waals surface area contributed by atoms with Crippen LogP contribution in [0.3, 0.4) is 0 Å². The van der Waals surface area contributed by atoms with Gasteiger partial charge in [-0.05, 0) is 41.4 Å². The highest BCUT2D eigenvalue weighted by Crippen LogP contribution is 2.17. The summed E-state index contributed by atoms with van der Waals surface area (Å²) in [5.41, 5.74) is 4.56. The fraction of sp³-hybridized carbons (Fsp3) is 0.714. The van der Waals surface area contributed by atoms with Gasteiger partial charge in [-0.25, -0.2) is 0 Å². The van der Waals surface area contributed by atoms with Crippen LogP contribution in [0.25, 0.3) is 0 Å². The summed E-state index contributed by atoms with van der Waals surface area (Å²) in [6.45, 7) is 17.3. The summed E-state index contributed by atoms with van der Waals surface area (Å²) in [7, 11) is 0. The number of nitrogens with zero attached hydrogens (tertiary/aromatic N) is 1. The molecular weight excluding hydrogens is 266 g/mol. The molecule has 0 amide bonds. The maximum atomic E-state index is 2.64. The molecule has 0 radical (unpaired) electrons. The van der Waals surface area contributed by atoms with E-state index in [1.165, 1.54) is 55.5 Å². The monoisotopic (exact) mass is 303 g/mol. The van der Waals surface area contributed by atoms with E-state index >= 15 is 0 Å². The maximum Gasteiger partial charge on any atom is 0.0234 e. The molecule has 0 atom stereocenters. The van der Waals surface area contributed by atoms with Crippen molar-refractivity contribution in [2.45, 2.75) is 73.8 Å². The van der Waals surface area contributed by atoms with Gasteiger partial charge in [-0.1, -0.05) is 72.6 Å². The zero-order valence-corrected chi connectivity index (χ0v) is 15.8. The molecule has 0 unspecified atom stereocenters. The van der Waals surface area contributed by atoms with Gasteiger partial charge >= 0.3 is 0 Å². The van der Waals surface area contributed by atoms with E-state index in [0.717, 1.165) is 18.4 Å². The van der Waals surface area contributed by atoms with Gasteiger partial charge < -0.3 is 0 Å². The summed E-state index contributed by atoms with van der Waals surface area (Å²) >= 11 is 0. The van der Waals surface area contributed by atoms with Crippen LogP contribution in [0.15, 0.2) is 18.2 Å². The summed E-state index contributed by atoms with van der Waals surface area (Å²) < 4.78 is 0. The van der Waals surface area contributed by atoms with Crippen molar-refractivity contribution in [2.75, 3.05) is 13.1 Å². The molecule has 0 bridgehead atoms. The molecule has 1 heteroatoms. The fourth-order valence-corrected chi connectivity index (χ4v) is 3.29. The summed E-state index contributed by atoms with van der Waals surface area (Å²) in [5, 5.41) is 0. The zero-order chi connectivity index (χ0) is 16.5. The molecule has 0 heterocycles. The van der Waals surface area contributed by atoms with Crippen LogP contribution in [0.5, 0.6) is 0 Å². The average molecular weight is 304 g/mol. The van der Waals surface area contributed by atoms with Crippen LogP contribution in [-0.2, 0) is 19.4 Å². The summed E-state index contributed by atoms with van der Waals surface area (Å²) in [6.07, 6.45) is 4.88. The van der Waals surface area contributed by atoms with Gasteiger partial charge in [-0.15, -0.1) is 0 Å². The van der Waals surface area contributed by atoms with E-state index in [1.54, 1.807) is 0 Å². The van der Waals surface area contributed by atoms with Crippen LogP contribution in [0.1, 0.15) is 71.1 Å². The van der Waals surface area contributed by atoms with Crippen LogP contribution in [0, 0.1) is 11.8 Å². The third-order valence-corrected chi connectivity index (χ3v) is 3.84. The molecule has 22 heavy (non-hydrogen) atoms. The van der Waals surface area contributed by atoms with Gasteiger partial charge in [0.15, 0.2) is 0 Å². The molecule has 0 saturated carbocycles. The Labute approximate surface area is 139 Å². The molecule has 0 aromatic heterocycles. The normalized spacial score (nSPS) is 11.9. The minimum absolute atomic E-state index is 0.729. The fourth-order valence-electron chi connectivity index (χ4n) is 3.29. The number of hydrogen-bond donors (Lipinski definition) is 0. The largest absolute Gasteiger partial charge is 0.299 e. The Hall–Kier alpha value is -0.820. The number of aryl methyl sites for hydroxylation is 2. The molecule has 0 N–H and O–H groups in total. The van der Waals surface area contributed by atoms with E-state index in [1.807, 2.05) is 0 Å². The summed E-state index contributed by atoms with van der Waals surface area (Å²) in [4.78, 5) is 2.64. The Morgan fingerprint density at radius 1 is 0.727 bits per heavy atom. The molecule has 0 aliphatic carbocycles. The highest BCUT2D eigenvalue weighted by molar-refractivity contribution is 5.30. The highest BCUT2D eigenvalue weighted by Gasteiger charge is 2.11. The van der Waals surface area contributed by atoms with E-state index in [0.29, 0.717) is 0 Å². The van der Waals surface area contributed by atoms with E-state index < -0.39 is 0 Å². The quantitative estimate of drug-likeness (QED) is 0.535. The topological polar surface area (TPSA) is 3.24 Å². The van der Waals surface area contributed by atoms with Gasteiger partial charge in [0.1, 0.15) is 0 Å². The second-order valence-corrected chi connectivity index (χ2v) is 7.64. The van der Waals surface area contributed by atoms with Gasteiger partial charge in [0, 0.05) is 19.6 Å². The molecule has 1 aromatic rings. The Balaban J connectivity index is 2.90. The van der Waals surface area contributed by atoms with Crippen molar-refractivity contribution in [2.24, 2.45) is 11.8 Å². The molecule has 126 valence electrons. The van der Waals surface area contributed by atoms with Crippen LogP contribution in [0.2, 0.25) is 0 Å². The Bertz CT molecular complexity index is 386. The van der Waals surface area contributed by atoms with Crippen molar-refractivity contribution >= 4 is 0 Å². The first-order valence-corrected chi connectivity index (χ1v) is 9.28. The average Bonchev–Trinajstić information content (AvgIpc) is 2.37. The number of rotatable bonds is 10. The Morgan fingerprint density at radius 3 is 1.50 bits per heavy atom. The van der Waals surface area contributed by atoms with Crippen LogP contribution < -0.4 is 0 Å². The molecule has 1 rings (SSSR count). The number of benzene rings is 1. The smallest absolute Gasteiger partial charge is 0.0234 e. The van der Waals surface area contributed by atoms with Crippen LogP contribution >= 0.6 is 0 Å². The maximum absolute atomic E-state index is 2.64. The first-order valence-electron chi connectivity index (χ1n) is 9.28. The molecule has 0 aliphatic heterocycles. The van der Waals surface area contributed by atoms with Gasteiger partial charge in [-0.2, -0.15) is 0 Å². The Morgan fingerprint density at radius 2 is 1.14 bits per heavy atom. The minimum Gasteiger partial charge on any atom is -0.299 e. The standard InChI is InChI=1S/C21H37N/c1-7-9-19-11-20(10-8-2)13-21(12-19)16-22(14-17(3)4)15-18(5)6/h11-13,17-18H,7-10,14-16H2,1-6H3. The SMILES string of the molecule is CCCc1cc(CCC)cc(CN(CC(C)C)CC(C)C)c1. The van der Waals surface area contributed by atoms with Crippen molar-refractivity contribution in [3.05, 3.63) is 34.9 Å². The third-order valence-electron chi connectivity index (χ3n) is 3.84. The van der Waals surface area contributed by atoms with E-state index in [-0.39, 0.29) is 0 Å². The predicted octanol–water partition coefficient (Wildman–Crippen LogP) is 5.71. The van der Waals surface area contributed by atoms with Crippen LogP contribution in [0.4, 0.5) is 0 Å². The summed E-state index contributed by atoms with van der Waals surface area (Å²) in [6, 6.07) is 7.30. The van der Waals surface area contributed by atoms with Gasteiger partial charge in [0.2, 0.25) is 0 Å². The third kappa shape index (κ3) is 7.45. The van der Waals surface area contributed by atoms with E-state index in [4.69, 9.17) is 0 Å². The van der Waals surface area contributed by atoms with Crippen molar-refractivity contribution in [3.8, 4) is 0 Å². The molecule has 0 spiro atoms. The second-order valence-electron chi connectivity index (χ2n) is 7.64. The molecule has 0 fully saturated rings. The number of hydrogen-bond acceptors (Lipinski definition) is 1. The molecular formula is C21H37N. The first kappa shape index (κ1) is 19.2. The van der Waals surface area contributed by atoms with E-state index in [9.17, 15) is 0 Å². The molecule has 1 nitrogen and oxygen atoms in total. The van der Waals surface area contributed by atoms with E-state index in [2.05, 4.69) is 64.6 Å². The van der Waals surface area contributed by atoms with Gasteiger partial charge in [0.25, 0.3) is 0 Å². The van der Waals surface area contributed by atoms with Crippen molar-refractivity contribution in [1.29, 1.82) is 0 Å². The lowest BCUT2D eigenvalue weighted by atomic mass is 9.99. The molecule has 1 aromatic carbocycles. The van der Waals surface area contributed by atoms with Gasteiger partial charge in [-0.3, -0.25) is 4.90 Å². The first-order chi connectivity index (χ1) is 10.4. The summed E-state index contributed by atoms with van der Waals surface area (Å²) in [5.74, 6) is 1.46. The lowest BCUT2D eigenvalue weighted by molar-refractivity contribution is 0.211. The van der Waals surface area contributed by atoms with Crippen molar-refractivity contribution < 1.29 is 0 Å². The van der Waals surface area contributed by atoms with Crippen LogP contribution in [-0.4, -0.2) is 18.0 Å². The second kappa shape index (κ2) is 10.0. The minimum atomic E-state index is 0.729.